The van der Waals surface area contributed by atoms with E-state index in [1.807, 2.05) is 0 Å². The van der Waals surface area contributed by atoms with Gasteiger partial charge in [-0.05, 0) is 24.3 Å². The summed E-state index contributed by atoms with van der Waals surface area (Å²) in [5, 5.41) is 0. The van der Waals surface area contributed by atoms with Crippen molar-refractivity contribution in [2.24, 2.45) is 0 Å². The maximum Gasteiger partial charge on any atom is 0.416 e. The van der Waals surface area contributed by atoms with Crippen LogP contribution in [0.15, 0.2) is 53.0 Å². The van der Waals surface area contributed by atoms with E-state index in [2.05, 4.69) is 15.9 Å². The number of carbonyl (C=O) groups is 1. The van der Waals surface area contributed by atoms with Crippen molar-refractivity contribution in [2.75, 3.05) is 6.61 Å². The van der Waals surface area contributed by atoms with E-state index in [9.17, 15) is 18.0 Å². The van der Waals surface area contributed by atoms with Crippen molar-refractivity contribution in [1.82, 2.24) is 0 Å². The second-order valence-electron chi connectivity index (χ2n) is 4.22. The first-order chi connectivity index (χ1) is 9.88. The van der Waals surface area contributed by atoms with Crippen LogP contribution in [-0.2, 0) is 6.18 Å². The highest BCUT2D eigenvalue weighted by molar-refractivity contribution is 9.10. The molecule has 0 N–H and O–H groups in total. The summed E-state index contributed by atoms with van der Waals surface area (Å²) in [6.07, 6.45) is -4.44. The molecule has 6 heteroatoms. The van der Waals surface area contributed by atoms with Crippen molar-refractivity contribution >= 4 is 21.7 Å². The van der Waals surface area contributed by atoms with Gasteiger partial charge in [0.05, 0.1) is 5.56 Å². The number of Topliss-reactive ketones (excluding diaryl/α,β-unsaturated/α-hetero) is 1. The molecule has 21 heavy (non-hydrogen) atoms. The number of benzene rings is 2. The summed E-state index contributed by atoms with van der Waals surface area (Å²) < 4.78 is 43.4. The molecule has 0 unspecified atom stereocenters. The summed E-state index contributed by atoms with van der Waals surface area (Å²) in [6.45, 7) is -0.329. The summed E-state index contributed by atoms with van der Waals surface area (Å²) in [6, 6.07) is 11.2. The highest BCUT2D eigenvalue weighted by Crippen LogP contribution is 2.31. The normalized spacial score (nSPS) is 11.2. The van der Waals surface area contributed by atoms with E-state index in [1.54, 1.807) is 24.3 Å². The van der Waals surface area contributed by atoms with Gasteiger partial charge < -0.3 is 4.74 Å². The second-order valence-corrected chi connectivity index (χ2v) is 5.07. The Labute approximate surface area is 127 Å². The second kappa shape index (κ2) is 6.30. The van der Waals surface area contributed by atoms with Gasteiger partial charge in [-0.3, -0.25) is 4.79 Å². The average molecular weight is 359 g/mol. The summed E-state index contributed by atoms with van der Waals surface area (Å²) in [4.78, 5) is 11.9. The van der Waals surface area contributed by atoms with Crippen LogP contribution in [-0.4, -0.2) is 12.4 Å². The molecular formula is C15H10BrF3O2. The van der Waals surface area contributed by atoms with Gasteiger partial charge in [-0.25, -0.2) is 0 Å². The molecule has 0 aliphatic rings. The lowest BCUT2D eigenvalue weighted by molar-refractivity contribution is -0.137. The SMILES string of the molecule is O=C(COc1cccc(C(F)(F)F)c1)c1ccccc1Br. The fraction of sp³-hybridized carbons (Fsp3) is 0.133. The van der Waals surface area contributed by atoms with Crippen molar-refractivity contribution < 1.29 is 22.7 Å². The van der Waals surface area contributed by atoms with E-state index in [0.29, 0.717) is 10.0 Å². The molecule has 0 spiro atoms. The predicted octanol–water partition coefficient (Wildman–Crippen LogP) is 4.73. The summed E-state index contributed by atoms with van der Waals surface area (Å²) >= 11 is 3.24. The average Bonchev–Trinajstić information content (AvgIpc) is 2.45. The first-order valence-corrected chi connectivity index (χ1v) is 6.75. The number of rotatable bonds is 4. The van der Waals surface area contributed by atoms with Crippen LogP contribution < -0.4 is 4.74 Å². The third-order valence-corrected chi connectivity index (χ3v) is 3.40. The molecule has 2 nitrogen and oxygen atoms in total. The zero-order valence-electron chi connectivity index (χ0n) is 10.7. The standard InChI is InChI=1S/C15H10BrF3O2/c16-13-7-2-1-6-12(13)14(20)9-21-11-5-3-4-10(8-11)15(17,18)19/h1-8H,9H2. The van der Waals surface area contributed by atoms with E-state index >= 15 is 0 Å². The largest absolute Gasteiger partial charge is 0.485 e. The molecule has 0 radical (unpaired) electrons. The zero-order chi connectivity index (χ0) is 15.5. The predicted molar refractivity (Wildman–Crippen MR) is 75.4 cm³/mol. The molecular weight excluding hydrogens is 349 g/mol. The number of hydrogen-bond acceptors (Lipinski definition) is 2. The highest BCUT2D eigenvalue weighted by atomic mass is 79.9. The zero-order valence-corrected chi connectivity index (χ0v) is 12.2. The fourth-order valence-corrected chi connectivity index (χ4v) is 2.18. The fourth-order valence-electron chi connectivity index (χ4n) is 1.68. The lowest BCUT2D eigenvalue weighted by atomic mass is 10.1. The van der Waals surface area contributed by atoms with Crippen LogP contribution in [0.2, 0.25) is 0 Å². The van der Waals surface area contributed by atoms with Crippen LogP contribution in [0.5, 0.6) is 5.75 Å². The van der Waals surface area contributed by atoms with E-state index in [0.717, 1.165) is 12.1 Å². The molecule has 0 amide bonds. The first kappa shape index (κ1) is 15.6. The molecule has 0 aromatic heterocycles. The van der Waals surface area contributed by atoms with Crippen LogP contribution in [0.25, 0.3) is 0 Å². The Balaban J connectivity index is 2.07. The topological polar surface area (TPSA) is 26.3 Å². The Kier molecular flexibility index (Phi) is 4.67. The monoisotopic (exact) mass is 358 g/mol. The summed E-state index contributed by atoms with van der Waals surface area (Å²) in [5.74, 6) is -0.315. The van der Waals surface area contributed by atoms with Crippen LogP contribution in [0.3, 0.4) is 0 Å². The van der Waals surface area contributed by atoms with Gasteiger partial charge in [-0.15, -0.1) is 0 Å². The van der Waals surface area contributed by atoms with Gasteiger partial charge in [-0.1, -0.05) is 40.2 Å². The molecule has 2 rings (SSSR count). The Bertz CT molecular complexity index is 653. The number of halogens is 4. The molecule has 0 fully saturated rings. The Hall–Kier alpha value is -1.82. The van der Waals surface area contributed by atoms with Crippen LogP contribution in [0.1, 0.15) is 15.9 Å². The minimum atomic E-state index is -4.44. The van der Waals surface area contributed by atoms with Crippen molar-refractivity contribution in [3.05, 3.63) is 64.1 Å². The molecule has 2 aromatic rings. The Morgan fingerprint density at radius 1 is 1.10 bits per heavy atom. The Morgan fingerprint density at radius 2 is 1.81 bits per heavy atom. The maximum atomic E-state index is 12.6. The molecule has 2 aromatic carbocycles. The lowest BCUT2D eigenvalue weighted by Gasteiger charge is -2.10. The quantitative estimate of drug-likeness (QED) is 0.738. The molecule has 0 heterocycles. The molecule has 0 aliphatic carbocycles. The van der Waals surface area contributed by atoms with Crippen molar-refractivity contribution in [2.45, 2.75) is 6.18 Å². The van der Waals surface area contributed by atoms with Crippen molar-refractivity contribution in [3.63, 3.8) is 0 Å². The van der Waals surface area contributed by atoms with E-state index < -0.39 is 11.7 Å². The van der Waals surface area contributed by atoms with Gasteiger partial charge in [-0.2, -0.15) is 13.2 Å². The van der Waals surface area contributed by atoms with E-state index in [4.69, 9.17) is 4.74 Å². The minimum Gasteiger partial charge on any atom is -0.485 e. The molecule has 0 atom stereocenters. The van der Waals surface area contributed by atoms with E-state index in [-0.39, 0.29) is 18.1 Å². The third-order valence-electron chi connectivity index (χ3n) is 2.71. The van der Waals surface area contributed by atoms with Gasteiger partial charge in [0.25, 0.3) is 0 Å². The van der Waals surface area contributed by atoms with Crippen LogP contribution in [0.4, 0.5) is 13.2 Å². The maximum absolute atomic E-state index is 12.6. The molecule has 0 saturated carbocycles. The smallest absolute Gasteiger partial charge is 0.416 e. The van der Waals surface area contributed by atoms with Crippen LogP contribution in [0, 0.1) is 0 Å². The van der Waals surface area contributed by atoms with Gasteiger partial charge in [0, 0.05) is 10.0 Å². The van der Waals surface area contributed by atoms with Crippen molar-refractivity contribution in [3.8, 4) is 5.75 Å². The molecule has 0 bridgehead atoms. The van der Waals surface area contributed by atoms with Gasteiger partial charge in [0.1, 0.15) is 5.75 Å². The Morgan fingerprint density at radius 3 is 2.48 bits per heavy atom. The molecule has 0 aliphatic heterocycles. The third kappa shape index (κ3) is 4.07. The number of ketones is 1. The highest BCUT2D eigenvalue weighted by Gasteiger charge is 2.30. The molecule has 0 saturated heterocycles. The summed E-state index contributed by atoms with van der Waals surface area (Å²) in [7, 11) is 0. The number of ether oxygens (including phenoxy) is 1. The van der Waals surface area contributed by atoms with Gasteiger partial charge in [0.15, 0.2) is 6.61 Å². The van der Waals surface area contributed by atoms with Crippen molar-refractivity contribution in [1.29, 1.82) is 0 Å². The van der Waals surface area contributed by atoms with Gasteiger partial charge >= 0.3 is 6.18 Å². The van der Waals surface area contributed by atoms with Crippen LogP contribution >= 0.6 is 15.9 Å². The minimum absolute atomic E-state index is 0.00484. The number of hydrogen-bond donors (Lipinski definition) is 0. The molecule has 110 valence electrons. The van der Waals surface area contributed by atoms with E-state index in [1.165, 1.54) is 12.1 Å². The summed E-state index contributed by atoms with van der Waals surface area (Å²) in [5.41, 5.74) is -0.391. The van der Waals surface area contributed by atoms with Gasteiger partial charge in [0.2, 0.25) is 5.78 Å². The number of alkyl halides is 3. The number of carbonyl (C=O) groups excluding carboxylic acids is 1. The lowest BCUT2D eigenvalue weighted by Crippen LogP contribution is -2.12. The first-order valence-electron chi connectivity index (χ1n) is 5.96.